The molecule has 0 saturated heterocycles. The summed E-state index contributed by atoms with van der Waals surface area (Å²) in [5.74, 6) is -0.415. The molecule has 0 N–H and O–H groups in total. The van der Waals surface area contributed by atoms with E-state index >= 15 is 0 Å². The maximum Gasteiger partial charge on any atom is 0.349 e. The summed E-state index contributed by atoms with van der Waals surface area (Å²) in [6.45, 7) is 1.64. The van der Waals surface area contributed by atoms with Gasteiger partial charge in [-0.05, 0) is 42.3 Å². The zero-order valence-electron chi connectivity index (χ0n) is 14.4. The monoisotopic (exact) mass is 351 g/mol. The van der Waals surface area contributed by atoms with Crippen LogP contribution in [0.4, 0.5) is 0 Å². The Bertz CT molecular complexity index is 880. The van der Waals surface area contributed by atoms with Crippen LogP contribution < -0.4 is 9.47 Å². The van der Waals surface area contributed by atoms with Crippen molar-refractivity contribution in [2.45, 2.75) is 6.92 Å². The van der Waals surface area contributed by atoms with E-state index in [9.17, 15) is 9.59 Å². The normalized spacial score (nSPS) is 10.6. The van der Waals surface area contributed by atoms with Crippen molar-refractivity contribution in [1.29, 1.82) is 5.26 Å². The summed E-state index contributed by atoms with van der Waals surface area (Å²) in [6, 6.07) is 15.5. The smallest absolute Gasteiger partial charge is 0.349 e. The largest absolute Gasteiger partial charge is 0.482 e. The van der Waals surface area contributed by atoms with Gasteiger partial charge in [-0.2, -0.15) is 5.26 Å². The number of hydrogen-bond donors (Lipinski definition) is 0. The molecule has 0 heterocycles. The highest BCUT2D eigenvalue weighted by Gasteiger charge is 2.10. The van der Waals surface area contributed by atoms with E-state index in [1.807, 2.05) is 25.1 Å². The standard InChI is InChI=1S/C20H17NO5/c1-14-6-3-4-9-18(14)25-13-19(22)26-17-8-5-7-15(11-17)10-16(12-21)20(23)24-2/h3-11H,13H2,1-2H3/b16-10+. The van der Waals surface area contributed by atoms with Gasteiger partial charge in [-0.15, -0.1) is 0 Å². The summed E-state index contributed by atoms with van der Waals surface area (Å²) in [5, 5.41) is 8.98. The van der Waals surface area contributed by atoms with E-state index in [0.717, 1.165) is 5.56 Å². The molecule has 0 amide bonds. The number of nitrogens with zero attached hydrogens (tertiary/aromatic N) is 1. The number of ether oxygens (including phenoxy) is 3. The molecule has 0 bridgehead atoms. The van der Waals surface area contributed by atoms with E-state index in [4.69, 9.17) is 14.7 Å². The molecule has 2 aromatic rings. The van der Waals surface area contributed by atoms with Crippen LogP contribution in [0.3, 0.4) is 0 Å². The third-order valence-electron chi connectivity index (χ3n) is 3.37. The van der Waals surface area contributed by atoms with Gasteiger partial charge in [-0.3, -0.25) is 0 Å². The zero-order valence-corrected chi connectivity index (χ0v) is 14.4. The van der Waals surface area contributed by atoms with Crippen LogP contribution in [0.15, 0.2) is 54.1 Å². The van der Waals surface area contributed by atoms with Crippen LogP contribution in [0, 0.1) is 18.3 Å². The van der Waals surface area contributed by atoms with Gasteiger partial charge in [0.05, 0.1) is 7.11 Å². The van der Waals surface area contributed by atoms with Crippen LogP contribution in [0.1, 0.15) is 11.1 Å². The molecule has 6 nitrogen and oxygen atoms in total. The number of aryl methyl sites for hydroxylation is 1. The summed E-state index contributed by atoms with van der Waals surface area (Å²) in [4.78, 5) is 23.4. The maximum absolute atomic E-state index is 12.0. The Morgan fingerprint density at radius 2 is 1.92 bits per heavy atom. The van der Waals surface area contributed by atoms with E-state index in [2.05, 4.69) is 4.74 Å². The summed E-state index contributed by atoms with van der Waals surface area (Å²) in [7, 11) is 1.19. The summed E-state index contributed by atoms with van der Waals surface area (Å²) in [5.41, 5.74) is 1.29. The molecule has 0 fully saturated rings. The van der Waals surface area contributed by atoms with Gasteiger partial charge in [-0.25, -0.2) is 9.59 Å². The molecule has 6 heteroatoms. The average molecular weight is 351 g/mol. The molecule has 0 spiro atoms. The minimum Gasteiger partial charge on any atom is -0.482 e. The molecule has 0 unspecified atom stereocenters. The molecule has 0 radical (unpaired) electrons. The Kier molecular flexibility index (Phi) is 6.52. The molecule has 26 heavy (non-hydrogen) atoms. The van der Waals surface area contributed by atoms with Gasteiger partial charge in [0.1, 0.15) is 23.1 Å². The number of benzene rings is 2. The Labute approximate surface area is 151 Å². The fourth-order valence-electron chi connectivity index (χ4n) is 2.10. The predicted octanol–water partition coefficient (Wildman–Crippen LogP) is 3.06. The maximum atomic E-state index is 12.0. The molecule has 2 aromatic carbocycles. The average Bonchev–Trinajstić information content (AvgIpc) is 2.65. The van der Waals surface area contributed by atoms with Gasteiger partial charge in [0.2, 0.25) is 0 Å². The van der Waals surface area contributed by atoms with Gasteiger partial charge in [0.15, 0.2) is 6.61 Å². The number of nitriles is 1. The second-order valence-electron chi connectivity index (χ2n) is 5.26. The first-order valence-electron chi connectivity index (χ1n) is 7.72. The van der Waals surface area contributed by atoms with Crippen molar-refractivity contribution in [3.63, 3.8) is 0 Å². The summed E-state index contributed by atoms with van der Waals surface area (Å²) >= 11 is 0. The Morgan fingerprint density at radius 3 is 2.62 bits per heavy atom. The lowest BCUT2D eigenvalue weighted by atomic mass is 10.1. The SMILES string of the molecule is COC(=O)/C(C#N)=C/c1cccc(OC(=O)COc2ccccc2C)c1. The van der Waals surface area contributed by atoms with E-state index in [0.29, 0.717) is 11.3 Å². The quantitative estimate of drug-likeness (QED) is 0.344. The van der Waals surface area contributed by atoms with Crippen molar-refractivity contribution in [3.05, 3.63) is 65.2 Å². The van der Waals surface area contributed by atoms with E-state index in [1.165, 1.54) is 19.3 Å². The molecular formula is C20H17NO5. The van der Waals surface area contributed by atoms with Crippen LogP contribution in [0.25, 0.3) is 6.08 Å². The van der Waals surface area contributed by atoms with Crippen LogP contribution in [0.5, 0.6) is 11.5 Å². The molecule has 0 aliphatic heterocycles. The molecule has 0 aliphatic rings. The van der Waals surface area contributed by atoms with Gasteiger partial charge in [0, 0.05) is 0 Å². The Morgan fingerprint density at radius 1 is 1.15 bits per heavy atom. The Hall–Kier alpha value is -3.59. The number of hydrogen-bond acceptors (Lipinski definition) is 6. The fraction of sp³-hybridized carbons (Fsp3) is 0.150. The van der Waals surface area contributed by atoms with Crippen molar-refractivity contribution in [3.8, 4) is 17.6 Å². The van der Waals surface area contributed by atoms with Gasteiger partial charge < -0.3 is 14.2 Å². The summed E-state index contributed by atoms with van der Waals surface area (Å²) in [6.07, 6.45) is 1.35. The number of carbonyl (C=O) groups is 2. The minimum absolute atomic E-state index is 0.154. The zero-order chi connectivity index (χ0) is 18.9. The van der Waals surface area contributed by atoms with Gasteiger partial charge >= 0.3 is 11.9 Å². The highest BCUT2D eigenvalue weighted by molar-refractivity contribution is 5.97. The van der Waals surface area contributed by atoms with Crippen molar-refractivity contribution >= 4 is 18.0 Å². The summed E-state index contributed by atoms with van der Waals surface area (Å²) < 4.78 is 15.2. The first-order valence-corrected chi connectivity index (χ1v) is 7.72. The lowest BCUT2D eigenvalue weighted by Gasteiger charge is -2.09. The van der Waals surface area contributed by atoms with Crippen molar-refractivity contribution in [2.75, 3.05) is 13.7 Å². The second-order valence-corrected chi connectivity index (χ2v) is 5.26. The number of para-hydroxylation sites is 1. The van der Waals surface area contributed by atoms with Crippen molar-refractivity contribution < 1.29 is 23.8 Å². The van der Waals surface area contributed by atoms with E-state index < -0.39 is 11.9 Å². The number of rotatable bonds is 6. The van der Waals surface area contributed by atoms with Crippen molar-refractivity contribution in [1.82, 2.24) is 0 Å². The van der Waals surface area contributed by atoms with E-state index in [1.54, 1.807) is 30.3 Å². The lowest BCUT2D eigenvalue weighted by Crippen LogP contribution is -2.18. The van der Waals surface area contributed by atoms with Crippen molar-refractivity contribution in [2.24, 2.45) is 0 Å². The number of methoxy groups -OCH3 is 1. The molecule has 0 saturated carbocycles. The van der Waals surface area contributed by atoms with Crippen LogP contribution in [-0.4, -0.2) is 25.7 Å². The second kappa shape index (κ2) is 9.04. The fourth-order valence-corrected chi connectivity index (χ4v) is 2.10. The molecule has 0 aromatic heterocycles. The van der Waals surface area contributed by atoms with E-state index in [-0.39, 0.29) is 17.9 Å². The molecular weight excluding hydrogens is 334 g/mol. The Balaban J connectivity index is 2.03. The molecule has 132 valence electrons. The predicted molar refractivity (Wildman–Crippen MR) is 94.4 cm³/mol. The first kappa shape index (κ1) is 18.7. The van der Waals surface area contributed by atoms with Crippen LogP contribution in [-0.2, 0) is 14.3 Å². The van der Waals surface area contributed by atoms with Crippen LogP contribution >= 0.6 is 0 Å². The minimum atomic E-state index is -0.735. The molecule has 2 rings (SSSR count). The number of carbonyl (C=O) groups excluding carboxylic acids is 2. The topological polar surface area (TPSA) is 85.6 Å². The number of esters is 2. The van der Waals surface area contributed by atoms with Gasteiger partial charge in [-0.1, -0.05) is 30.3 Å². The molecule has 0 atom stereocenters. The third kappa shape index (κ3) is 5.21. The third-order valence-corrected chi connectivity index (χ3v) is 3.37. The lowest BCUT2D eigenvalue weighted by molar-refractivity contribution is -0.137. The van der Waals surface area contributed by atoms with Crippen LogP contribution in [0.2, 0.25) is 0 Å². The highest BCUT2D eigenvalue weighted by Crippen LogP contribution is 2.18. The highest BCUT2D eigenvalue weighted by atomic mass is 16.6. The molecule has 0 aliphatic carbocycles. The first-order chi connectivity index (χ1) is 12.5. The van der Waals surface area contributed by atoms with Gasteiger partial charge in [0.25, 0.3) is 0 Å².